The first kappa shape index (κ1) is 14.5. The summed E-state index contributed by atoms with van der Waals surface area (Å²) in [7, 11) is 0. The molecule has 0 aromatic heterocycles. The molecule has 92 valence electrons. The van der Waals surface area contributed by atoms with Crippen LogP contribution in [0.25, 0.3) is 0 Å². The van der Waals surface area contributed by atoms with Crippen molar-refractivity contribution in [3.05, 3.63) is 12.7 Å². The highest BCUT2D eigenvalue weighted by Gasteiger charge is 2.28. The standard InChI is InChI=1S/C11H19NO4/c1-6-7-12(8(2)9(13)14)10(15)16-11(3,4)5/h6,8H,1,7H2,2-5H3,(H,13,14). The summed E-state index contributed by atoms with van der Waals surface area (Å²) < 4.78 is 5.10. The lowest BCUT2D eigenvalue weighted by Gasteiger charge is -2.28. The highest BCUT2D eigenvalue weighted by Crippen LogP contribution is 2.12. The zero-order valence-corrected chi connectivity index (χ0v) is 10.2. The molecule has 1 N–H and O–H groups in total. The molecule has 5 nitrogen and oxygen atoms in total. The van der Waals surface area contributed by atoms with Crippen LogP contribution in [0.15, 0.2) is 12.7 Å². The van der Waals surface area contributed by atoms with Crippen molar-refractivity contribution < 1.29 is 19.4 Å². The molecule has 5 heteroatoms. The SMILES string of the molecule is C=CCN(C(=O)OC(C)(C)C)C(C)C(=O)O. The normalized spacial score (nSPS) is 12.8. The number of amides is 1. The maximum atomic E-state index is 11.7. The molecule has 0 bridgehead atoms. The van der Waals surface area contributed by atoms with Gasteiger partial charge in [0.1, 0.15) is 11.6 Å². The molecule has 0 heterocycles. The van der Waals surface area contributed by atoms with Crippen molar-refractivity contribution in [2.45, 2.75) is 39.3 Å². The summed E-state index contributed by atoms with van der Waals surface area (Å²) in [6.07, 6.45) is 0.811. The smallest absolute Gasteiger partial charge is 0.411 e. The van der Waals surface area contributed by atoms with Crippen molar-refractivity contribution >= 4 is 12.1 Å². The highest BCUT2D eigenvalue weighted by molar-refractivity contribution is 5.79. The average Bonchev–Trinajstić information content (AvgIpc) is 2.09. The Bertz CT molecular complexity index is 280. The van der Waals surface area contributed by atoms with Crippen molar-refractivity contribution in [2.24, 2.45) is 0 Å². The summed E-state index contributed by atoms with van der Waals surface area (Å²) in [5.41, 5.74) is -0.644. The number of nitrogens with zero attached hydrogens (tertiary/aromatic N) is 1. The third-order valence-corrected chi connectivity index (χ3v) is 1.78. The van der Waals surface area contributed by atoms with Crippen molar-refractivity contribution in [3.63, 3.8) is 0 Å². The van der Waals surface area contributed by atoms with Gasteiger partial charge in [0.25, 0.3) is 0 Å². The van der Waals surface area contributed by atoms with E-state index in [4.69, 9.17) is 9.84 Å². The molecule has 0 aliphatic carbocycles. The fourth-order valence-electron chi connectivity index (χ4n) is 0.984. The molecule has 0 saturated carbocycles. The second-order valence-electron chi connectivity index (χ2n) is 4.44. The van der Waals surface area contributed by atoms with Gasteiger partial charge in [-0.05, 0) is 27.7 Å². The second-order valence-corrected chi connectivity index (χ2v) is 4.44. The lowest BCUT2D eigenvalue weighted by molar-refractivity contribution is -0.142. The van der Waals surface area contributed by atoms with Gasteiger partial charge in [0, 0.05) is 6.54 Å². The number of hydrogen-bond donors (Lipinski definition) is 1. The molecule has 0 fully saturated rings. The zero-order valence-electron chi connectivity index (χ0n) is 10.2. The topological polar surface area (TPSA) is 66.8 Å². The van der Waals surface area contributed by atoms with Crippen LogP contribution in [0.1, 0.15) is 27.7 Å². The largest absolute Gasteiger partial charge is 0.480 e. The Balaban J connectivity index is 4.71. The first-order valence-corrected chi connectivity index (χ1v) is 5.02. The van der Waals surface area contributed by atoms with Gasteiger partial charge in [-0.3, -0.25) is 4.90 Å². The first-order valence-electron chi connectivity index (χ1n) is 5.02. The van der Waals surface area contributed by atoms with Crippen molar-refractivity contribution in [3.8, 4) is 0 Å². The molecule has 0 saturated heterocycles. The van der Waals surface area contributed by atoms with Crippen LogP contribution in [0, 0.1) is 0 Å². The lowest BCUT2D eigenvalue weighted by Crippen LogP contribution is -2.45. The maximum Gasteiger partial charge on any atom is 0.411 e. The number of carbonyl (C=O) groups is 2. The van der Waals surface area contributed by atoms with Gasteiger partial charge in [0.2, 0.25) is 0 Å². The van der Waals surface area contributed by atoms with Crippen LogP contribution in [-0.2, 0) is 9.53 Å². The van der Waals surface area contributed by atoms with E-state index in [0.29, 0.717) is 0 Å². The molecule has 1 atom stereocenters. The van der Waals surface area contributed by atoms with Crippen LogP contribution in [0.3, 0.4) is 0 Å². The van der Waals surface area contributed by atoms with Crippen molar-refractivity contribution in [1.82, 2.24) is 4.90 Å². The zero-order chi connectivity index (χ0) is 12.9. The van der Waals surface area contributed by atoms with E-state index in [1.54, 1.807) is 20.8 Å². The van der Waals surface area contributed by atoms with Gasteiger partial charge in [-0.2, -0.15) is 0 Å². The first-order chi connectivity index (χ1) is 7.19. The summed E-state index contributed by atoms with van der Waals surface area (Å²) in [6, 6.07) is -0.937. The average molecular weight is 229 g/mol. The Morgan fingerprint density at radius 1 is 1.50 bits per heavy atom. The molecule has 0 aliphatic rings. The quantitative estimate of drug-likeness (QED) is 0.747. The van der Waals surface area contributed by atoms with E-state index in [2.05, 4.69) is 6.58 Å². The summed E-state index contributed by atoms with van der Waals surface area (Å²) in [5.74, 6) is -1.08. The summed E-state index contributed by atoms with van der Waals surface area (Å²) >= 11 is 0. The monoisotopic (exact) mass is 229 g/mol. The van der Waals surface area contributed by atoms with Gasteiger partial charge in [-0.25, -0.2) is 9.59 Å². The van der Waals surface area contributed by atoms with E-state index in [1.165, 1.54) is 13.0 Å². The fourth-order valence-corrected chi connectivity index (χ4v) is 0.984. The van der Waals surface area contributed by atoms with Crippen molar-refractivity contribution in [2.75, 3.05) is 6.54 Å². The van der Waals surface area contributed by atoms with Gasteiger partial charge in [-0.15, -0.1) is 6.58 Å². The van der Waals surface area contributed by atoms with Crippen LogP contribution >= 0.6 is 0 Å². The third-order valence-electron chi connectivity index (χ3n) is 1.78. The van der Waals surface area contributed by atoms with Crippen LogP contribution in [0.5, 0.6) is 0 Å². The fraction of sp³-hybridized carbons (Fsp3) is 0.636. The predicted molar refractivity (Wildman–Crippen MR) is 60.2 cm³/mol. The van der Waals surface area contributed by atoms with Crippen LogP contribution in [0.4, 0.5) is 4.79 Å². The van der Waals surface area contributed by atoms with E-state index in [0.717, 1.165) is 4.90 Å². The minimum absolute atomic E-state index is 0.141. The van der Waals surface area contributed by atoms with Crippen LogP contribution in [-0.4, -0.2) is 40.3 Å². The number of ether oxygens (including phenoxy) is 1. The Labute approximate surface area is 95.7 Å². The number of hydrogen-bond acceptors (Lipinski definition) is 3. The Morgan fingerprint density at radius 3 is 2.31 bits per heavy atom. The molecule has 0 spiro atoms. The van der Waals surface area contributed by atoms with E-state index in [9.17, 15) is 9.59 Å². The molecular weight excluding hydrogens is 210 g/mol. The predicted octanol–water partition coefficient (Wildman–Crippen LogP) is 1.88. The van der Waals surface area contributed by atoms with E-state index in [-0.39, 0.29) is 6.54 Å². The summed E-state index contributed by atoms with van der Waals surface area (Å²) in [5, 5.41) is 8.84. The number of carboxylic acids is 1. The molecule has 0 aliphatic heterocycles. The number of carbonyl (C=O) groups excluding carboxylic acids is 1. The summed E-state index contributed by atoms with van der Waals surface area (Å²) in [4.78, 5) is 23.6. The lowest BCUT2D eigenvalue weighted by atomic mass is 10.2. The third kappa shape index (κ3) is 4.82. The minimum Gasteiger partial charge on any atom is -0.480 e. The Hall–Kier alpha value is -1.52. The number of aliphatic carboxylic acids is 1. The molecule has 1 amide bonds. The molecule has 0 aromatic rings. The minimum atomic E-state index is -1.08. The van der Waals surface area contributed by atoms with Gasteiger partial charge < -0.3 is 9.84 Å². The molecule has 16 heavy (non-hydrogen) atoms. The van der Waals surface area contributed by atoms with Gasteiger partial charge in [-0.1, -0.05) is 6.08 Å². The van der Waals surface area contributed by atoms with Crippen LogP contribution in [0.2, 0.25) is 0 Å². The Morgan fingerprint density at radius 2 is 2.00 bits per heavy atom. The molecule has 0 radical (unpaired) electrons. The molecule has 0 aromatic carbocycles. The van der Waals surface area contributed by atoms with E-state index in [1.807, 2.05) is 0 Å². The summed E-state index contributed by atoms with van der Waals surface area (Å²) in [6.45, 7) is 10.2. The van der Waals surface area contributed by atoms with Gasteiger partial charge in [0.05, 0.1) is 0 Å². The maximum absolute atomic E-state index is 11.7. The van der Waals surface area contributed by atoms with Crippen molar-refractivity contribution in [1.29, 1.82) is 0 Å². The number of rotatable bonds is 4. The van der Waals surface area contributed by atoms with Crippen LogP contribution < -0.4 is 0 Å². The van der Waals surface area contributed by atoms with E-state index >= 15 is 0 Å². The van der Waals surface area contributed by atoms with Gasteiger partial charge >= 0.3 is 12.1 Å². The second kappa shape index (κ2) is 5.53. The highest BCUT2D eigenvalue weighted by atomic mass is 16.6. The molecule has 1 unspecified atom stereocenters. The van der Waals surface area contributed by atoms with E-state index < -0.39 is 23.7 Å². The Kier molecular flexibility index (Phi) is 5.01. The molecule has 0 rings (SSSR count). The number of carboxylic acid groups (broad SMARTS) is 1. The van der Waals surface area contributed by atoms with Gasteiger partial charge in [0.15, 0.2) is 0 Å². The molecular formula is C11H19NO4.